The van der Waals surface area contributed by atoms with Crippen LogP contribution in [0.2, 0.25) is 0 Å². The summed E-state index contributed by atoms with van der Waals surface area (Å²) in [4.78, 5) is 2.15. The van der Waals surface area contributed by atoms with Gasteiger partial charge < -0.3 is 9.64 Å². The molecule has 0 bridgehead atoms. The lowest BCUT2D eigenvalue weighted by molar-refractivity contribution is 0.402. The maximum absolute atomic E-state index is 5.78. The molecule has 0 spiro atoms. The number of hydrogen-bond donors (Lipinski definition) is 0. The molecule has 0 amide bonds. The maximum Gasteiger partial charge on any atom is 0.127 e. The number of ether oxygens (including phenoxy) is 1. The Bertz CT molecular complexity index is 491. The lowest BCUT2D eigenvalue weighted by Crippen LogP contribution is -2.10. The molecule has 0 aliphatic heterocycles. The van der Waals surface area contributed by atoms with Crippen molar-refractivity contribution >= 4 is 22.6 Å². The Labute approximate surface area is 122 Å². The van der Waals surface area contributed by atoms with Crippen molar-refractivity contribution in [2.24, 2.45) is 0 Å². The van der Waals surface area contributed by atoms with E-state index >= 15 is 0 Å². The second-order valence-electron chi connectivity index (χ2n) is 4.44. The molecule has 2 aromatic carbocycles. The first-order valence-corrected chi connectivity index (χ1v) is 6.88. The third kappa shape index (κ3) is 3.99. The molecule has 0 aromatic heterocycles. The highest BCUT2D eigenvalue weighted by molar-refractivity contribution is 14.1. The van der Waals surface area contributed by atoms with Gasteiger partial charge in [-0.15, -0.1) is 0 Å². The summed E-state index contributed by atoms with van der Waals surface area (Å²) >= 11 is 2.28. The minimum atomic E-state index is 0.871. The fourth-order valence-corrected chi connectivity index (χ4v) is 2.03. The average molecular weight is 353 g/mol. The minimum Gasteiger partial charge on any atom is -0.457 e. The lowest BCUT2D eigenvalue weighted by Gasteiger charge is -2.10. The second-order valence-corrected chi connectivity index (χ2v) is 5.68. The van der Waals surface area contributed by atoms with E-state index in [1.165, 1.54) is 9.13 Å². The standard InChI is InChI=1S/C15H16INO/c1-17(2)11-12-3-7-14(8-4-12)18-15-9-5-13(16)6-10-15/h3-10H,11H2,1-2H3. The van der Waals surface area contributed by atoms with Crippen molar-refractivity contribution in [2.75, 3.05) is 14.1 Å². The van der Waals surface area contributed by atoms with Crippen molar-refractivity contribution < 1.29 is 4.74 Å². The molecule has 3 heteroatoms. The molecule has 2 nitrogen and oxygen atoms in total. The van der Waals surface area contributed by atoms with Crippen molar-refractivity contribution in [1.82, 2.24) is 4.90 Å². The molecule has 0 fully saturated rings. The van der Waals surface area contributed by atoms with Gasteiger partial charge in [-0.3, -0.25) is 0 Å². The predicted octanol–water partition coefficient (Wildman–Crippen LogP) is 4.15. The zero-order valence-electron chi connectivity index (χ0n) is 10.6. The molecule has 0 saturated heterocycles. The van der Waals surface area contributed by atoms with E-state index in [-0.39, 0.29) is 0 Å². The molecular weight excluding hydrogens is 337 g/mol. The normalized spacial score (nSPS) is 10.7. The summed E-state index contributed by atoms with van der Waals surface area (Å²) in [5, 5.41) is 0. The molecule has 0 heterocycles. The predicted molar refractivity (Wildman–Crippen MR) is 83.1 cm³/mol. The van der Waals surface area contributed by atoms with Gasteiger partial charge in [0.1, 0.15) is 11.5 Å². The van der Waals surface area contributed by atoms with Crippen LogP contribution in [0.4, 0.5) is 0 Å². The summed E-state index contributed by atoms with van der Waals surface area (Å²) in [6, 6.07) is 16.3. The highest BCUT2D eigenvalue weighted by atomic mass is 127. The Kier molecular flexibility index (Phi) is 4.60. The first kappa shape index (κ1) is 13.4. The van der Waals surface area contributed by atoms with Crippen molar-refractivity contribution in [3.05, 3.63) is 57.7 Å². The van der Waals surface area contributed by atoms with Crippen LogP contribution in [0, 0.1) is 3.57 Å². The maximum atomic E-state index is 5.78. The van der Waals surface area contributed by atoms with Gasteiger partial charge in [0.2, 0.25) is 0 Å². The molecular formula is C15H16INO. The molecule has 94 valence electrons. The van der Waals surface area contributed by atoms with E-state index in [9.17, 15) is 0 Å². The van der Waals surface area contributed by atoms with E-state index in [1.54, 1.807) is 0 Å². The van der Waals surface area contributed by atoms with E-state index in [0.29, 0.717) is 0 Å². The van der Waals surface area contributed by atoms with E-state index in [2.05, 4.69) is 53.7 Å². The van der Waals surface area contributed by atoms with E-state index in [0.717, 1.165) is 18.0 Å². The Morgan fingerprint density at radius 2 is 1.39 bits per heavy atom. The third-order valence-corrected chi connectivity index (χ3v) is 3.19. The lowest BCUT2D eigenvalue weighted by atomic mass is 10.2. The molecule has 0 aliphatic carbocycles. The molecule has 0 atom stereocenters. The molecule has 2 rings (SSSR count). The quantitative estimate of drug-likeness (QED) is 0.766. The van der Waals surface area contributed by atoms with Gasteiger partial charge in [-0.2, -0.15) is 0 Å². The van der Waals surface area contributed by atoms with Gasteiger partial charge in [-0.05, 0) is 78.6 Å². The first-order chi connectivity index (χ1) is 8.63. The fraction of sp³-hybridized carbons (Fsp3) is 0.200. The van der Waals surface area contributed by atoms with Crippen LogP contribution in [0.25, 0.3) is 0 Å². The molecule has 0 unspecified atom stereocenters. The smallest absolute Gasteiger partial charge is 0.127 e. The molecule has 18 heavy (non-hydrogen) atoms. The van der Waals surface area contributed by atoms with Crippen LogP contribution in [0.1, 0.15) is 5.56 Å². The number of rotatable bonds is 4. The van der Waals surface area contributed by atoms with Crippen LogP contribution in [0.5, 0.6) is 11.5 Å². The summed E-state index contributed by atoms with van der Waals surface area (Å²) in [7, 11) is 4.13. The Morgan fingerprint density at radius 3 is 1.89 bits per heavy atom. The third-order valence-electron chi connectivity index (χ3n) is 2.47. The fourth-order valence-electron chi connectivity index (χ4n) is 1.67. The topological polar surface area (TPSA) is 12.5 Å². The SMILES string of the molecule is CN(C)Cc1ccc(Oc2ccc(I)cc2)cc1. The summed E-state index contributed by atoms with van der Waals surface area (Å²) in [6.45, 7) is 0.948. The van der Waals surface area contributed by atoms with Crippen LogP contribution in [-0.2, 0) is 6.54 Å². The molecule has 0 aliphatic rings. The van der Waals surface area contributed by atoms with Crippen LogP contribution < -0.4 is 4.74 Å². The summed E-state index contributed by atoms with van der Waals surface area (Å²) in [6.07, 6.45) is 0. The molecule has 0 N–H and O–H groups in total. The largest absolute Gasteiger partial charge is 0.457 e. The van der Waals surface area contributed by atoms with Crippen LogP contribution in [0.3, 0.4) is 0 Å². The van der Waals surface area contributed by atoms with Gasteiger partial charge in [0, 0.05) is 10.1 Å². The highest BCUT2D eigenvalue weighted by Gasteiger charge is 1.99. The Morgan fingerprint density at radius 1 is 0.889 bits per heavy atom. The van der Waals surface area contributed by atoms with E-state index in [4.69, 9.17) is 4.74 Å². The molecule has 0 radical (unpaired) electrons. The Hall–Kier alpha value is -1.07. The van der Waals surface area contributed by atoms with Crippen LogP contribution >= 0.6 is 22.6 Å². The van der Waals surface area contributed by atoms with Crippen molar-refractivity contribution in [1.29, 1.82) is 0 Å². The monoisotopic (exact) mass is 353 g/mol. The number of halogens is 1. The van der Waals surface area contributed by atoms with Crippen LogP contribution in [0.15, 0.2) is 48.5 Å². The van der Waals surface area contributed by atoms with Crippen LogP contribution in [-0.4, -0.2) is 19.0 Å². The van der Waals surface area contributed by atoms with Gasteiger partial charge in [-0.25, -0.2) is 0 Å². The number of hydrogen-bond acceptors (Lipinski definition) is 2. The van der Waals surface area contributed by atoms with Crippen molar-refractivity contribution in [3.63, 3.8) is 0 Å². The average Bonchev–Trinajstić information content (AvgIpc) is 2.34. The van der Waals surface area contributed by atoms with Gasteiger partial charge in [0.25, 0.3) is 0 Å². The summed E-state index contributed by atoms with van der Waals surface area (Å²) in [5.74, 6) is 1.74. The van der Waals surface area contributed by atoms with Gasteiger partial charge in [0.05, 0.1) is 0 Å². The molecule has 2 aromatic rings. The number of benzene rings is 2. The van der Waals surface area contributed by atoms with Crippen molar-refractivity contribution in [3.8, 4) is 11.5 Å². The van der Waals surface area contributed by atoms with Gasteiger partial charge >= 0.3 is 0 Å². The van der Waals surface area contributed by atoms with Gasteiger partial charge in [-0.1, -0.05) is 12.1 Å². The van der Waals surface area contributed by atoms with Crippen molar-refractivity contribution in [2.45, 2.75) is 6.54 Å². The zero-order chi connectivity index (χ0) is 13.0. The minimum absolute atomic E-state index is 0.871. The second kappa shape index (κ2) is 6.20. The Balaban J connectivity index is 2.04. The summed E-state index contributed by atoms with van der Waals surface area (Å²) in [5.41, 5.74) is 1.29. The van der Waals surface area contributed by atoms with Gasteiger partial charge in [0.15, 0.2) is 0 Å². The highest BCUT2D eigenvalue weighted by Crippen LogP contribution is 2.22. The van der Waals surface area contributed by atoms with E-state index < -0.39 is 0 Å². The zero-order valence-corrected chi connectivity index (χ0v) is 12.7. The number of nitrogens with zero attached hydrogens (tertiary/aromatic N) is 1. The first-order valence-electron chi connectivity index (χ1n) is 5.80. The molecule has 0 saturated carbocycles. The van der Waals surface area contributed by atoms with E-state index in [1.807, 2.05) is 36.4 Å². The summed E-state index contributed by atoms with van der Waals surface area (Å²) < 4.78 is 6.99.